The summed E-state index contributed by atoms with van der Waals surface area (Å²) >= 11 is 0. The molecule has 0 saturated heterocycles. The maximum Gasteiger partial charge on any atom is 0.188 e. The summed E-state index contributed by atoms with van der Waals surface area (Å²) in [6.45, 7) is 0. The number of hydrogen-bond donors (Lipinski definition) is 0. The molecule has 1 saturated carbocycles. The first-order valence-corrected chi connectivity index (χ1v) is 8.38. The van der Waals surface area contributed by atoms with Gasteiger partial charge >= 0.3 is 0 Å². The summed E-state index contributed by atoms with van der Waals surface area (Å²) in [5, 5.41) is 0. The zero-order valence-corrected chi connectivity index (χ0v) is 14.9. The van der Waals surface area contributed by atoms with Crippen molar-refractivity contribution in [3.05, 3.63) is 17.7 Å². The van der Waals surface area contributed by atoms with E-state index < -0.39 is 0 Å². The van der Waals surface area contributed by atoms with Crippen LogP contribution in [0.5, 0.6) is 17.2 Å². The van der Waals surface area contributed by atoms with Gasteiger partial charge in [-0.3, -0.25) is 4.79 Å². The molecule has 1 fully saturated rings. The number of hydrogen-bond acceptors (Lipinski definition) is 4. The zero-order valence-electron chi connectivity index (χ0n) is 13.9. The van der Waals surface area contributed by atoms with E-state index in [1.54, 1.807) is 33.5 Å². The molecule has 1 atom stereocenters. The molecular formula is C16H23LiO4P. The normalized spacial score (nSPS) is 15.4. The first kappa shape index (κ1) is 19.4. The predicted molar refractivity (Wildman–Crippen MR) is 91.4 cm³/mol. The van der Waals surface area contributed by atoms with Gasteiger partial charge in [0.1, 0.15) is 11.3 Å². The Bertz CT molecular complexity index is 501. The predicted octanol–water partition coefficient (Wildman–Crippen LogP) is 3.48. The third-order valence-electron chi connectivity index (χ3n) is 3.89. The number of carbonyl (C=O) groups is 1. The van der Waals surface area contributed by atoms with Gasteiger partial charge < -0.3 is 14.2 Å². The Morgan fingerprint density at radius 1 is 1.00 bits per heavy atom. The molecule has 1 radical (unpaired) electrons. The van der Waals surface area contributed by atoms with Gasteiger partial charge in [-0.2, -0.15) is 0 Å². The summed E-state index contributed by atoms with van der Waals surface area (Å²) in [5.41, 5.74) is 1.13. The summed E-state index contributed by atoms with van der Waals surface area (Å²) in [7, 11) is 4.97. The molecule has 1 unspecified atom stereocenters. The van der Waals surface area contributed by atoms with E-state index >= 15 is 0 Å². The average molecular weight is 317 g/mol. The fourth-order valence-electron chi connectivity index (χ4n) is 2.80. The van der Waals surface area contributed by atoms with Crippen LogP contribution in [0, 0.1) is 0 Å². The van der Waals surface area contributed by atoms with Crippen molar-refractivity contribution in [1.82, 2.24) is 0 Å². The van der Waals surface area contributed by atoms with E-state index in [1.807, 2.05) is 0 Å². The second kappa shape index (κ2) is 9.45. The van der Waals surface area contributed by atoms with Crippen molar-refractivity contribution in [2.75, 3.05) is 21.3 Å². The molecule has 0 aliphatic heterocycles. The Labute approximate surface area is 146 Å². The van der Waals surface area contributed by atoms with Crippen LogP contribution in [-0.2, 0) is 0 Å². The minimum atomic E-state index is 0. The van der Waals surface area contributed by atoms with Crippen molar-refractivity contribution in [1.29, 1.82) is 0 Å². The van der Waals surface area contributed by atoms with Crippen LogP contribution in [0.15, 0.2) is 12.1 Å². The fraction of sp³-hybridized carbons (Fsp3) is 0.562. The van der Waals surface area contributed by atoms with Crippen LogP contribution in [0.3, 0.4) is 0 Å². The topological polar surface area (TPSA) is 44.8 Å². The van der Waals surface area contributed by atoms with Gasteiger partial charge in [-0.25, -0.2) is 0 Å². The summed E-state index contributed by atoms with van der Waals surface area (Å²) < 4.78 is 16.0. The molecule has 2 rings (SSSR count). The van der Waals surface area contributed by atoms with Crippen LogP contribution >= 0.6 is 8.58 Å². The molecule has 0 bridgehead atoms. The van der Waals surface area contributed by atoms with Crippen molar-refractivity contribution in [3.8, 4) is 17.2 Å². The molecule has 0 heterocycles. The second-order valence-corrected chi connectivity index (χ2v) is 6.75. The third-order valence-corrected chi connectivity index (χ3v) is 5.39. The van der Waals surface area contributed by atoms with Crippen molar-refractivity contribution in [2.45, 2.75) is 37.8 Å². The fourth-order valence-corrected chi connectivity index (χ4v) is 4.25. The quantitative estimate of drug-likeness (QED) is 0.595. The van der Waals surface area contributed by atoms with Gasteiger partial charge in [-0.1, -0.05) is 19.3 Å². The molecule has 1 aromatic rings. The van der Waals surface area contributed by atoms with Gasteiger partial charge in [-0.15, -0.1) is 0 Å². The van der Waals surface area contributed by atoms with Gasteiger partial charge in [0.15, 0.2) is 17.0 Å². The smallest absolute Gasteiger partial charge is 0.188 e. The number of benzene rings is 1. The van der Waals surface area contributed by atoms with Crippen molar-refractivity contribution in [2.24, 2.45) is 0 Å². The number of methoxy groups -OCH3 is 3. The maximum absolute atomic E-state index is 12.7. The SMILES string of the molecule is COc1ccc(OC)c(C(=O)PC2CCCCC2)c1OC.[Li]. The summed E-state index contributed by atoms with van der Waals surface area (Å²) in [5.74, 6) is 1.60. The number of ether oxygens (including phenoxy) is 3. The Morgan fingerprint density at radius 2 is 1.59 bits per heavy atom. The van der Waals surface area contributed by atoms with Gasteiger partial charge in [0.25, 0.3) is 0 Å². The molecule has 0 amide bonds. The Balaban J connectivity index is 0.00000242. The van der Waals surface area contributed by atoms with E-state index in [1.165, 1.54) is 19.3 Å². The molecule has 0 aromatic heterocycles. The van der Waals surface area contributed by atoms with E-state index in [4.69, 9.17) is 14.2 Å². The molecular weight excluding hydrogens is 294 g/mol. The standard InChI is InChI=1S/C16H23O4P.Li/c1-18-12-9-10-13(19-2)15(20-3)14(12)16(17)21-11-7-5-4-6-8-11;/h9-11,21H,4-8H2,1-3H3;. The second-order valence-electron chi connectivity index (χ2n) is 5.19. The van der Waals surface area contributed by atoms with E-state index in [0.29, 0.717) is 28.5 Å². The zero-order chi connectivity index (χ0) is 15.2. The largest absolute Gasteiger partial charge is 0.496 e. The van der Waals surface area contributed by atoms with Crippen LogP contribution in [0.4, 0.5) is 0 Å². The molecule has 0 N–H and O–H groups in total. The van der Waals surface area contributed by atoms with E-state index in [9.17, 15) is 4.79 Å². The third kappa shape index (κ3) is 4.41. The summed E-state index contributed by atoms with van der Waals surface area (Å²) in [4.78, 5) is 12.7. The minimum absolute atomic E-state index is 0. The van der Waals surface area contributed by atoms with Gasteiger partial charge in [-0.05, 0) is 39.2 Å². The van der Waals surface area contributed by atoms with Crippen molar-refractivity contribution in [3.63, 3.8) is 0 Å². The van der Waals surface area contributed by atoms with Crippen LogP contribution in [0.2, 0.25) is 0 Å². The van der Waals surface area contributed by atoms with Gasteiger partial charge in [0, 0.05) is 18.9 Å². The van der Waals surface area contributed by atoms with Gasteiger partial charge in [0.05, 0.1) is 21.3 Å². The molecule has 6 heteroatoms. The van der Waals surface area contributed by atoms with Crippen LogP contribution in [0.25, 0.3) is 0 Å². The summed E-state index contributed by atoms with van der Waals surface area (Å²) in [6.07, 6.45) is 6.06. The molecule has 1 aliphatic carbocycles. The minimum Gasteiger partial charge on any atom is -0.496 e. The number of carbonyl (C=O) groups excluding carboxylic acids is 1. The average Bonchev–Trinajstić information content (AvgIpc) is 2.54. The van der Waals surface area contributed by atoms with Crippen LogP contribution < -0.4 is 14.2 Å². The molecule has 4 nitrogen and oxygen atoms in total. The Morgan fingerprint density at radius 3 is 2.14 bits per heavy atom. The van der Waals surface area contributed by atoms with E-state index in [0.717, 1.165) is 12.8 Å². The van der Waals surface area contributed by atoms with Crippen molar-refractivity contribution >= 4 is 33.0 Å². The van der Waals surface area contributed by atoms with Gasteiger partial charge in [0.2, 0.25) is 0 Å². The van der Waals surface area contributed by atoms with E-state index in [-0.39, 0.29) is 33.0 Å². The van der Waals surface area contributed by atoms with Crippen LogP contribution in [-0.4, -0.2) is 51.4 Å². The molecule has 1 aromatic carbocycles. The first-order valence-electron chi connectivity index (χ1n) is 7.31. The van der Waals surface area contributed by atoms with Crippen molar-refractivity contribution < 1.29 is 19.0 Å². The van der Waals surface area contributed by atoms with Crippen LogP contribution in [0.1, 0.15) is 42.5 Å². The Kier molecular flexibility index (Phi) is 8.32. The monoisotopic (exact) mass is 317 g/mol. The molecule has 22 heavy (non-hydrogen) atoms. The summed E-state index contributed by atoms with van der Waals surface area (Å²) in [6, 6.07) is 3.53. The number of rotatable bonds is 6. The van der Waals surface area contributed by atoms with E-state index in [2.05, 4.69) is 0 Å². The molecule has 0 spiro atoms. The molecule has 1 aliphatic rings. The molecule has 117 valence electrons. The maximum atomic E-state index is 12.7. The Hall–Kier alpha value is -0.683. The first-order chi connectivity index (χ1) is 10.2.